The van der Waals surface area contributed by atoms with Gasteiger partial charge in [-0.2, -0.15) is 5.10 Å². The molecule has 33 heavy (non-hydrogen) atoms. The molecule has 0 saturated carbocycles. The second-order valence-corrected chi connectivity index (χ2v) is 9.05. The Bertz CT molecular complexity index is 1080. The Kier molecular flexibility index (Phi) is 6.28. The van der Waals surface area contributed by atoms with E-state index in [1.807, 2.05) is 69.2 Å². The van der Waals surface area contributed by atoms with E-state index in [4.69, 9.17) is 0 Å². The number of hydrogen-bond acceptors (Lipinski definition) is 3. The second kappa shape index (κ2) is 9.65. The van der Waals surface area contributed by atoms with Crippen LogP contribution < -0.4 is 0 Å². The van der Waals surface area contributed by atoms with Crippen molar-refractivity contribution in [2.24, 2.45) is 5.92 Å². The molecule has 0 unspecified atom stereocenters. The molecule has 0 spiro atoms. The topological polar surface area (TPSA) is 63.4 Å². The maximum absolute atomic E-state index is 13.7. The molecule has 4 heterocycles. The number of likely N-dealkylation sites (tertiary alicyclic amines) is 2. The average molecular weight is 446 g/mol. The van der Waals surface area contributed by atoms with Gasteiger partial charge in [0.1, 0.15) is 5.56 Å². The summed E-state index contributed by atoms with van der Waals surface area (Å²) in [4.78, 5) is 30.8. The molecule has 2 aliphatic rings. The number of benzene rings is 1. The molecule has 0 radical (unpaired) electrons. The summed E-state index contributed by atoms with van der Waals surface area (Å²) in [6, 6.07) is 13.7. The number of hydrogen-bond donors (Lipinski definition) is 0. The summed E-state index contributed by atoms with van der Waals surface area (Å²) in [6.45, 7) is 2.86. The van der Waals surface area contributed by atoms with Gasteiger partial charge in [-0.1, -0.05) is 31.0 Å². The molecule has 3 aromatic rings. The Morgan fingerprint density at radius 3 is 2.24 bits per heavy atom. The lowest BCUT2D eigenvalue weighted by Gasteiger charge is -2.34. The lowest BCUT2D eigenvalue weighted by atomic mass is 9.96. The minimum atomic E-state index is -0.111. The van der Waals surface area contributed by atoms with Crippen molar-refractivity contribution in [2.45, 2.75) is 38.5 Å². The minimum absolute atomic E-state index is 0.0609. The van der Waals surface area contributed by atoms with Crippen molar-refractivity contribution in [2.75, 3.05) is 26.2 Å². The first-order chi connectivity index (χ1) is 16.2. The summed E-state index contributed by atoms with van der Waals surface area (Å²) in [7, 11) is 0. The Morgan fingerprint density at radius 1 is 0.818 bits per heavy atom. The zero-order valence-corrected chi connectivity index (χ0v) is 19.0. The van der Waals surface area contributed by atoms with Crippen LogP contribution in [0, 0.1) is 5.92 Å². The van der Waals surface area contributed by atoms with Crippen molar-refractivity contribution in [3.63, 3.8) is 0 Å². The van der Waals surface area contributed by atoms with Crippen molar-refractivity contribution < 1.29 is 9.59 Å². The Balaban J connectivity index is 1.40. The van der Waals surface area contributed by atoms with Gasteiger partial charge >= 0.3 is 0 Å². The molecule has 2 amide bonds. The molecular weight excluding hydrogens is 414 g/mol. The monoisotopic (exact) mass is 445 g/mol. The molecular formula is C26H31N5O2. The largest absolute Gasteiger partial charge is 0.342 e. The summed E-state index contributed by atoms with van der Waals surface area (Å²) in [5.41, 5.74) is 1.45. The van der Waals surface area contributed by atoms with Crippen LogP contribution in [0.4, 0.5) is 0 Å². The fourth-order valence-corrected chi connectivity index (χ4v) is 5.06. The van der Waals surface area contributed by atoms with Gasteiger partial charge in [-0.05, 0) is 49.9 Å². The maximum Gasteiger partial charge on any atom is 0.259 e. The standard InChI is InChI=1S/C26H31N5O2/c32-25(29-16-6-1-2-7-17-29)21-11-10-18-30(20-21)26(33)23-19-27-31(22-12-4-3-5-13-22)24(23)28-14-8-9-15-28/h3-5,8-9,12-15,19,21H,1-2,6-7,10-11,16-18,20H2/t21-/m1/s1. The smallest absolute Gasteiger partial charge is 0.259 e. The van der Waals surface area contributed by atoms with E-state index in [0.29, 0.717) is 18.7 Å². The highest BCUT2D eigenvalue weighted by molar-refractivity contribution is 5.97. The highest BCUT2D eigenvalue weighted by Crippen LogP contribution is 2.26. The number of para-hydroxylation sites is 1. The molecule has 172 valence electrons. The quantitative estimate of drug-likeness (QED) is 0.612. The summed E-state index contributed by atoms with van der Waals surface area (Å²) < 4.78 is 3.73. The molecule has 2 aromatic heterocycles. The first-order valence-electron chi connectivity index (χ1n) is 12.1. The van der Waals surface area contributed by atoms with Gasteiger partial charge in [-0.3, -0.25) is 9.59 Å². The Hall–Kier alpha value is -3.35. The first-order valence-corrected chi connectivity index (χ1v) is 12.1. The van der Waals surface area contributed by atoms with Crippen molar-refractivity contribution in [1.82, 2.24) is 24.1 Å². The average Bonchev–Trinajstić information content (AvgIpc) is 3.47. The summed E-state index contributed by atoms with van der Waals surface area (Å²) in [5, 5.41) is 4.57. The summed E-state index contributed by atoms with van der Waals surface area (Å²) in [6.07, 6.45) is 11.8. The molecule has 2 fully saturated rings. The number of rotatable bonds is 4. The van der Waals surface area contributed by atoms with E-state index in [-0.39, 0.29) is 17.7 Å². The van der Waals surface area contributed by atoms with Crippen LogP contribution in [0.2, 0.25) is 0 Å². The highest BCUT2D eigenvalue weighted by Gasteiger charge is 2.33. The van der Waals surface area contributed by atoms with E-state index < -0.39 is 0 Å². The fraction of sp³-hybridized carbons (Fsp3) is 0.423. The molecule has 1 aromatic carbocycles. The zero-order valence-electron chi connectivity index (χ0n) is 19.0. The molecule has 7 heteroatoms. The van der Waals surface area contributed by atoms with Crippen LogP contribution >= 0.6 is 0 Å². The van der Waals surface area contributed by atoms with E-state index in [1.54, 1.807) is 10.9 Å². The number of carbonyl (C=O) groups is 2. The highest BCUT2D eigenvalue weighted by atomic mass is 16.2. The van der Waals surface area contributed by atoms with E-state index in [9.17, 15) is 9.59 Å². The van der Waals surface area contributed by atoms with E-state index in [0.717, 1.165) is 50.3 Å². The van der Waals surface area contributed by atoms with E-state index in [2.05, 4.69) is 5.10 Å². The van der Waals surface area contributed by atoms with Gasteiger partial charge in [0.05, 0.1) is 17.8 Å². The predicted octanol–water partition coefficient (Wildman–Crippen LogP) is 3.92. The molecule has 5 rings (SSSR count). The third-order valence-electron chi connectivity index (χ3n) is 6.80. The van der Waals surface area contributed by atoms with Crippen molar-refractivity contribution in [3.05, 3.63) is 66.6 Å². The number of carbonyl (C=O) groups excluding carboxylic acids is 2. The van der Waals surface area contributed by atoms with E-state index >= 15 is 0 Å². The molecule has 2 saturated heterocycles. The molecule has 0 N–H and O–H groups in total. The number of aromatic nitrogens is 3. The molecule has 2 aliphatic heterocycles. The maximum atomic E-state index is 13.7. The SMILES string of the molecule is O=C(c1cnn(-c2ccccc2)c1-n1cccc1)N1CCC[C@@H](C(=O)N2CCCCCC2)C1. The lowest BCUT2D eigenvalue weighted by molar-refractivity contribution is -0.136. The number of nitrogens with zero attached hydrogens (tertiary/aromatic N) is 5. The van der Waals surface area contributed by atoms with Gasteiger partial charge < -0.3 is 14.4 Å². The Morgan fingerprint density at radius 2 is 1.52 bits per heavy atom. The van der Waals surface area contributed by atoms with Crippen LogP contribution in [-0.4, -0.2) is 62.1 Å². The number of piperidine rings is 1. The van der Waals surface area contributed by atoms with Crippen LogP contribution in [0.5, 0.6) is 0 Å². The van der Waals surface area contributed by atoms with Crippen LogP contribution in [-0.2, 0) is 4.79 Å². The normalized spacial score (nSPS) is 19.3. The predicted molar refractivity (Wildman–Crippen MR) is 127 cm³/mol. The molecule has 0 aliphatic carbocycles. The van der Waals surface area contributed by atoms with Gasteiger partial charge in [0, 0.05) is 38.6 Å². The van der Waals surface area contributed by atoms with Crippen molar-refractivity contribution >= 4 is 11.8 Å². The van der Waals surface area contributed by atoms with Gasteiger partial charge in [0.25, 0.3) is 5.91 Å². The van der Waals surface area contributed by atoms with Crippen molar-refractivity contribution in [1.29, 1.82) is 0 Å². The molecule has 0 bridgehead atoms. The zero-order chi connectivity index (χ0) is 22.6. The van der Waals surface area contributed by atoms with Crippen molar-refractivity contribution in [3.8, 4) is 11.5 Å². The third kappa shape index (κ3) is 4.45. The van der Waals surface area contributed by atoms with Crippen LogP contribution in [0.15, 0.2) is 61.1 Å². The summed E-state index contributed by atoms with van der Waals surface area (Å²) >= 11 is 0. The van der Waals surface area contributed by atoms with Gasteiger partial charge in [0.15, 0.2) is 5.82 Å². The first kappa shape index (κ1) is 21.5. The van der Waals surface area contributed by atoms with Gasteiger partial charge in [0.2, 0.25) is 5.91 Å². The minimum Gasteiger partial charge on any atom is -0.342 e. The molecule has 1 atom stereocenters. The Labute approximate surface area is 194 Å². The molecule has 7 nitrogen and oxygen atoms in total. The lowest BCUT2D eigenvalue weighted by Crippen LogP contribution is -2.47. The van der Waals surface area contributed by atoms with Crippen LogP contribution in [0.1, 0.15) is 48.9 Å². The van der Waals surface area contributed by atoms with Gasteiger partial charge in [-0.25, -0.2) is 4.68 Å². The van der Waals surface area contributed by atoms with Crippen LogP contribution in [0.3, 0.4) is 0 Å². The second-order valence-electron chi connectivity index (χ2n) is 9.05. The third-order valence-corrected chi connectivity index (χ3v) is 6.80. The van der Waals surface area contributed by atoms with Crippen LogP contribution in [0.25, 0.3) is 11.5 Å². The van der Waals surface area contributed by atoms with E-state index in [1.165, 1.54) is 12.8 Å². The van der Waals surface area contributed by atoms with Gasteiger partial charge in [-0.15, -0.1) is 0 Å². The number of amides is 2. The summed E-state index contributed by atoms with van der Waals surface area (Å²) in [5.74, 6) is 0.770. The fourth-order valence-electron chi connectivity index (χ4n) is 5.06.